The zero-order chi connectivity index (χ0) is 16.6. The molecule has 0 unspecified atom stereocenters. The molecule has 0 aromatic rings. The highest BCUT2D eigenvalue weighted by Gasteiger charge is 1.96. The van der Waals surface area contributed by atoms with Gasteiger partial charge in [0.2, 0.25) is 12.2 Å². The normalized spacial score (nSPS) is 15.3. The van der Waals surface area contributed by atoms with Gasteiger partial charge in [-0.1, -0.05) is 97.3 Å². The van der Waals surface area contributed by atoms with E-state index in [9.17, 15) is 0 Å². The van der Waals surface area contributed by atoms with Gasteiger partial charge in [0.15, 0.2) is 0 Å². The van der Waals surface area contributed by atoms with Crippen LogP contribution in [0.2, 0.25) is 0 Å². The van der Waals surface area contributed by atoms with Gasteiger partial charge >= 0.3 is 0 Å². The van der Waals surface area contributed by atoms with Crippen molar-refractivity contribution in [3.8, 4) is 0 Å². The van der Waals surface area contributed by atoms with Crippen molar-refractivity contribution in [3.05, 3.63) is 0 Å². The molecule has 2 aliphatic carbocycles. The Hall–Kier alpha value is -1.24. The Morgan fingerprint density at radius 1 is 0.571 bits per heavy atom. The summed E-state index contributed by atoms with van der Waals surface area (Å²) < 4.78 is 0. The molecule has 0 heterocycles. The summed E-state index contributed by atoms with van der Waals surface area (Å²) >= 11 is 0. The molecule has 0 bridgehead atoms. The molecule has 0 radical (unpaired) electrons. The number of nitrogens with one attached hydrogen (secondary N) is 2. The van der Waals surface area contributed by atoms with Gasteiger partial charge in [-0.05, 0) is 0 Å². The Balaban J connectivity index is -0.000000204. The summed E-state index contributed by atoms with van der Waals surface area (Å²) in [6.07, 6.45) is 20.8. The van der Waals surface area contributed by atoms with Crippen molar-refractivity contribution in [1.29, 1.82) is 10.8 Å². The van der Waals surface area contributed by atoms with Crippen LogP contribution in [-0.2, 0) is 9.59 Å². The largest absolute Gasteiger partial charge is 0.231 e. The third-order valence-electron chi connectivity index (χ3n) is 3.00. The van der Waals surface area contributed by atoms with Crippen LogP contribution in [0, 0.1) is 10.8 Å². The third kappa shape index (κ3) is 45.5. The minimum absolute atomic E-state index is 0.750. The van der Waals surface area contributed by atoms with Crippen molar-refractivity contribution in [3.63, 3.8) is 0 Å². The van der Waals surface area contributed by atoms with Gasteiger partial charge in [0.05, 0.1) is 0 Å². The number of rotatable bonds is 0. The Kier molecular flexibility index (Phi) is 36.8. The van der Waals surface area contributed by atoms with E-state index in [1.807, 2.05) is 0 Å². The van der Waals surface area contributed by atoms with E-state index in [0.717, 1.165) is 12.2 Å². The van der Waals surface area contributed by atoms with Crippen LogP contribution in [0.4, 0.5) is 0 Å². The topological polar surface area (TPSA) is 81.8 Å². The van der Waals surface area contributed by atoms with Gasteiger partial charge in [0.1, 0.15) is 0 Å². The average Bonchev–Trinajstić information content (AvgIpc) is 2.54. The second-order valence-electron chi connectivity index (χ2n) is 5.15. The molecule has 2 saturated carbocycles. The van der Waals surface area contributed by atoms with Crippen molar-refractivity contribution >= 4 is 12.2 Å². The lowest BCUT2D eigenvalue weighted by atomic mass is 10.0. The number of hydrogen-bond donors (Lipinski definition) is 2. The van der Waals surface area contributed by atoms with E-state index in [1.165, 1.54) is 83.5 Å². The first-order chi connectivity index (χ1) is 10.2. The van der Waals surface area contributed by atoms with Crippen LogP contribution in [0.25, 0.3) is 0 Å². The summed E-state index contributed by atoms with van der Waals surface area (Å²) in [6.45, 7) is 4.25. The molecule has 2 aliphatic rings. The maximum atomic E-state index is 8.35. The van der Waals surface area contributed by atoms with Crippen LogP contribution in [0.5, 0.6) is 0 Å². The van der Waals surface area contributed by atoms with Crippen molar-refractivity contribution in [2.45, 2.75) is 97.3 Å². The van der Waals surface area contributed by atoms with E-state index in [2.05, 4.69) is 13.8 Å². The van der Waals surface area contributed by atoms with Gasteiger partial charge in [0, 0.05) is 0 Å². The van der Waals surface area contributed by atoms with Crippen molar-refractivity contribution in [1.82, 2.24) is 0 Å². The second kappa shape index (κ2) is 31.3. The molecule has 2 rings (SSSR count). The first-order valence-electron chi connectivity index (χ1n) is 8.32. The first-order valence-corrected chi connectivity index (χ1v) is 8.32. The SMILES string of the molecule is C1CCCCC1.C1CCCCC1.CCC.N=C=O.N=C=O. The Morgan fingerprint density at radius 2 is 0.619 bits per heavy atom. The zero-order valence-corrected chi connectivity index (χ0v) is 14.0. The van der Waals surface area contributed by atoms with Crippen molar-refractivity contribution in [2.24, 2.45) is 0 Å². The molecule has 4 nitrogen and oxygen atoms in total. The molecule has 0 amide bonds. The molecule has 2 fully saturated rings. The van der Waals surface area contributed by atoms with Crippen LogP contribution < -0.4 is 0 Å². The first kappa shape index (κ1) is 24.8. The molecular formula is C17H34N2O2. The summed E-state index contributed by atoms with van der Waals surface area (Å²) in [4.78, 5) is 16.7. The summed E-state index contributed by atoms with van der Waals surface area (Å²) in [7, 11) is 0. The van der Waals surface area contributed by atoms with E-state index in [-0.39, 0.29) is 0 Å². The maximum absolute atomic E-state index is 8.35. The molecule has 4 heteroatoms. The van der Waals surface area contributed by atoms with Gasteiger partial charge in [0.25, 0.3) is 0 Å². The van der Waals surface area contributed by atoms with E-state index in [0.29, 0.717) is 0 Å². The van der Waals surface area contributed by atoms with Crippen LogP contribution >= 0.6 is 0 Å². The molecule has 0 aromatic carbocycles. The lowest BCUT2D eigenvalue weighted by molar-refractivity contribution is 0.504. The van der Waals surface area contributed by atoms with E-state index in [4.69, 9.17) is 20.4 Å². The van der Waals surface area contributed by atoms with Crippen molar-refractivity contribution in [2.75, 3.05) is 0 Å². The minimum Gasteiger partial charge on any atom is -0.222 e. The van der Waals surface area contributed by atoms with Gasteiger partial charge in [-0.25, -0.2) is 20.4 Å². The fourth-order valence-corrected chi connectivity index (χ4v) is 2.12. The Bertz CT molecular complexity index is 176. The highest BCUT2D eigenvalue weighted by molar-refractivity contribution is 5.26. The number of hydrogen-bond acceptors (Lipinski definition) is 4. The predicted octanol–water partition coefficient (Wildman–Crippen LogP) is 5.90. The number of carbonyl (C=O) groups excluding carboxylic acids is 2. The highest BCUT2D eigenvalue weighted by atomic mass is 16.1. The van der Waals surface area contributed by atoms with Crippen LogP contribution in [0.1, 0.15) is 97.3 Å². The standard InChI is InChI=1S/2C6H12.C3H8.2CHNO/c2*1-2-4-6-5-3-1;1-3-2;2*2-1-3/h2*1-6H2;3H2,1-2H3;2*2H. The van der Waals surface area contributed by atoms with Gasteiger partial charge in [-0.2, -0.15) is 0 Å². The van der Waals surface area contributed by atoms with E-state index >= 15 is 0 Å². The molecule has 0 saturated heterocycles. The fourth-order valence-electron chi connectivity index (χ4n) is 2.12. The molecule has 21 heavy (non-hydrogen) atoms. The average molecular weight is 298 g/mol. The van der Waals surface area contributed by atoms with Crippen LogP contribution in [-0.4, -0.2) is 12.2 Å². The zero-order valence-electron chi connectivity index (χ0n) is 14.0. The summed E-state index contributed by atoms with van der Waals surface area (Å²) in [5.74, 6) is 0. The van der Waals surface area contributed by atoms with Gasteiger partial charge in [-0.15, -0.1) is 0 Å². The smallest absolute Gasteiger partial charge is 0.222 e. The maximum Gasteiger partial charge on any atom is 0.231 e. The molecule has 0 aliphatic heterocycles. The fraction of sp³-hybridized carbons (Fsp3) is 0.882. The number of isocyanates is 2. The minimum atomic E-state index is 0.750. The lowest BCUT2D eigenvalue weighted by Gasteiger charge is -2.05. The molecule has 124 valence electrons. The molecule has 0 atom stereocenters. The van der Waals surface area contributed by atoms with Crippen molar-refractivity contribution < 1.29 is 9.59 Å². The monoisotopic (exact) mass is 298 g/mol. The molecule has 2 N–H and O–H groups in total. The Labute approximate surface area is 130 Å². The quantitative estimate of drug-likeness (QED) is 0.431. The van der Waals surface area contributed by atoms with E-state index < -0.39 is 0 Å². The van der Waals surface area contributed by atoms with Crippen LogP contribution in [0.3, 0.4) is 0 Å². The van der Waals surface area contributed by atoms with E-state index in [1.54, 1.807) is 0 Å². The third-order valence-corrected chi connectivity index (χ3v) is 3.00. The molecular weight excluding hydrogens is 264 g/mol. The highest BCUT2D eigenvalue weighted by Crippen LogP contribution is 2.15. The Morgan fingerprint density at radius 3 is 0.667 bits per heavy atom. The summed E-state index contributed by atoms with van der Waals surface area (Å²) in [5.41, 5.74) is 0. The molecule has 0 spiro atoms. The second-order valence-corrected chi connectivity index (χ2v) is 5.15. The lowest BCUT2D eigenvalue weighted by Crippen LogP contribution is -1.85. The predicted molar refractivity (Wildman–Crippen MR) is 88.2 cm³/mol. The van der Waals surface area contributed by atoms with Gasteiger partial charge < -0.3 is 0 Å². The van der Waals surface area contributed by atoms with Crippen LogP contribution in [0.15, 0.2) is 0 Å². The summed E-state index contributed by atoms with van der Waals surface area (Å²) in [5, 5.41) is 10.8. The van der Waals surface area contributed by atoms with Gasteiger partial charge in [-0.3, -0.25) is 0 Å². The molecule has 0 aromatic heterocycles. The summed E-state index contributed by atoms with van der Waals surface area (Å²) in [6, 6.07) is 0.